The quantitative estimate of drug-likeness (QED) is 0.879. The van der Waals surface area contributed by atoms with Crippen molar-refractivity contribution in [3.8, 4) is 0 Å². The lowest BCUT2D eigenvalue weighted by atomic mass is 9.99. The highest BCUT2D eigenvalue weighted by Gasteiger charge is 2.14. The number of rotatable bonds is 6. The molecule has 0 radical (unpaired) electrons. The van der Waals surface area contributed by atoms with E-state index < -0.39 is 0 Å². The number of nitrogens with zero attached hydrogens (tertiary/aromatic N) is 3. The van der Waals surface area contributed by atoms with Gasteiger partial charge in [-0.15, -0.1) is 0 Å². The predicted molar refractivity (Wildman–Crippen MR) is 81.7 cm³/mol. The minimum atomic E-state index is 0.276. The standard InChI is InChI=1S/C16H24N4/c1-5-13(3)20-9-7-14(19-20)10-16(17-4)15-6-8-18-11-12(15)2/h6-9,11,13,16-17H,5,10H2,1-4H3. The van der Waals surface area contributed by atoms with Crippen molar-refractivity contribution in [2.45, 2.75) is 45.7 Å². The molecule has 2 atom stereocenters. The first-order valence-electron chi connectivity index (χ1n) is 7.27. The molecule has 20 heavy (non-hydrogen) atoms. The van der Waals surface area contributed by atoms with Gasteiger partial charge in [-0.1, -0.05) is 6.92 Å². The second-order valence-corrected chi connectivity index (χ2v) is 5.32. The summed E-state index contributed by atoms with van der Waals surface area (Å²) >= 11 is 0. The van der Waals surface area contributed by atoms with Gasteiger partial charge < -0.3 is 5.32 Å². The summed E-state index contributed by atoms with van der Waals surface area (Å²) in [4.78, 5) is 4.16. The van der Waals surface area contributed by atoms with Crippen LogP contribution in [0.5, 0.6) is 0 Å². The minimum absolute atomic E-state index is 0.276. The molecule has 0 saturated heterocycles. The number of hydrogen-bond acceptors (Lipinski definition) is 3. The highest BCUT2D eigenvalue weighted by atomic mass is 15.3. The lowest BCUT2D eigenvalue weighted by Crippen LogP contribution is -2.20. The molecule has 0 aliphatic carbocycles. The van der Waals surface area contributed by atoms with E-state index in [1.165, 1.54) is 11.1 Å². The van der Waals surface area contributed by atoms with E-state index in [2.05, 4.69) is 59.2 Å². The Labute approximate surface area is 121 Å². The van der Waals surface area contributed by atoms with E-state index in [1.54, 1.807) is 0 Å². The fourth-order valence-electron chi connectivity index (χ4n) is 2.37. The smallest absolute Gasteiger partial charge is 0.0643 e. The molecule has 0 aliphatic rings. The summed E-state index contributed by atoms with van der Waals surface area (Å²) in [6, 6.07) is 4.94. The number of nitrogens with one attached hydrogen (secondary N) is 1. The molecular formula is C16H24N4. The van der Waals surface area contributed by atoms with E-state index in [1.807, 2.05) is 19.4 Å². The van der Waals surface area contributed by atoms with Gasteiger partial charge in [0.1, 0.15) is 0 Å². The van der Waals surface area contributed by atoms with Crippen molar-refractivity contribution in [1.29, 1.82) is 0 Å². The van der Waals surface area contributed by atoms with Gasteiger partial charge in [0.2, 0.25) is 0 Å². The molecule has 0 aromatic carbocycles. The molecule has 0 spiro atoms. The number of likely N-dealkylation sites (N-methyl/N-ethyl adjacent to an activating group) is 1. The summed E-state index contributed by atoms with van der Waals surface area (Å²) in [6.45, 7) is 6.48. The SMILES string of the molecule is CCC(C)n1ccc(CC(NC)c2ccncc2C)n1. The van der Waals surface area contributed by atoms with E-state index in [4.69, 9.17) is 0 Å². The van der Waals surface area contributed by atoms with Crippen LogP contribution in [0.25, 0.3) is 0 Å². The number of aryl methyl sites for hydroxylation is 1. The van der Waals surface area contributed by atoms with Crippen molar-refractivity contribution in [2.75, 3.05) is 7.05 Å². The van der Waals surface area contributed by atoms with Gasteiger partial charge in [0.05, 0.1) is 5.69 Å². The van der Waals surface area contributed by atoms with Gasteiger partial charge in [-0.2, -0.15) is 5.10 Å². The van der Waals surface area contributed by atoms with Crippen LogP contribution in [0.3, 0.4) is 0 Å². The Hall–Kier alpha value is -1.68. The Balaban J connectivity index is 2.15. The first-order chi connectivity index (χ1) is 9.65. The van der Waals surface area contributed by atoms with E-state index in [-0.39, 0.29) is 6.04 Å². The molecule has 1 N–H and O–H groups in total. The summed E-state index contributed by atoms with van der Waals surface area (Å²) in [7, 11) is 2.00. The van der Waals surface area contributed by atoms with Crippen LogP contribution in [0.15, 0.2) is 30.7 Å². The Morgan fingerprint density at radius 3 is 2.80 bits per heavy atom. The van der Waals surface area contributed by atoms with Crippen LogP contribution in [-0.4, -0.2) is 21.8 Å². The van der Waals surface area contributed by atoms with Crippen LogP contribution in [0, 0.1) is 6.92 Å². The average Bonchev–Trinajstić information content (AvgIpc) is 2.93. The number of aromatic nitrogens is 3. The molecule has 0 aliphatic heterocycles. The minimum Gasteiger partial charge on any atom is -0.313 e. The lowest BCUT2D eigenvalue weighted by Gasteiger charge is -2.17. The first-order valence-corrected chi connectivity index (χ1v) is 7.27. The van der Waals surface area contributed by atoms with Crippen molar-refractivity contribution in [3.05, 3.63) is 47.5 Å². The highest BCUT2D eigenvalue weighted by molar-refractivity contribution is 5.26. The molecule has 2 aromatic rings. The summed E-state index contributed by atoms with van der Waals surface area (Å²) in [5, 5.41) is 8.07. The Bertz CT molecular complexity index is 547. The largest absolute Gasteiger partial charge is 0.313 e. The zero-order chi connectivity index (χ0) is 14.5. The maximum atomic E-state index is 4.68. The fraction of sp³-hybridized carbons (Fsp3) is 0.500. The highest BCUT2D eigenvalue weighted by Crippen LogP contribution is 2.20. The van der Waals surface area contributed by atoms with Gasteiger partial charge in [-0.25, -0.2) is 0 Å². The van der Waals surface area contributed by atoms with Gasteiger partial charge in [0, 0.05) is 37.1 Å². The van der Waals surface area contributed by atoms with Gasteiger partial charge >= 0.3 is 0 Å². The monoisotopic (exact) mass is 272 g/mol. The van der Waals surface area contributed by atoms with E-state index >= 15 is 0 Å². The van der Waals surface area contributed by atoms with Crippen LogP contribution in [0.2, 0.25) is 0 Å². The van der Waals surface area contributed by atoms with Crippen LogP contribution in [-0.2, 0) is 6.42 Å². The zero-order valence-corrected chi connectivity index (χ0v) is 12.8. The van der Waals surface area contributed by atoms with Crippen molar-refractivity contribution in [1.82, 2.24) is 20.1 Å². The third-order valence-corrected chi connectivity index (χ3v) is 3.91. The third kappa shape index (κ3) is 3.25. The second-order valence-electron chi connectivity index (χ2n) is 5.32. The maximum absolute atomic E-state index is 4.68. The average molecular weight is 272 g/mol. The second kappa shape index (κ2) is 6.66. The fourth-order valence-corrected chi connectivity index (χ4v) is 2.37. The van der Waals surface area contributed by atoms with Crippen LogP contribution in [0.1, 0.15) is 49.2 Å². The van der Waals surface area contributed by atoms with Gasteiger partial charge in [-0.3, -0.25) is 9.67 Å². The molecule has 0 amide bonds. The molecule has 4 heteroatoms. The van der Waals surface area contributed by atoms with Crippen molar-refractivity contribution < 1.29 is 0 Å². The maximum Gasteiger partial charge on any atom is 0.0643 e. The van der Waals surface area contributed by atoms with Crippen LogP contribution >= 0.6 is 0 Å². The molecule has 0 saturated carbocycles. The van der Waals surface area contributed by atoms with E-state index in [0.717, 1.165) is 18.5 Å². The summed E-state index contributed by atoms with van der Waals surface area (Å²) in [6.07, 6.45) is 7.84. The third-order valence-electron chi connectivity index (χ3n) is 3.91. The predicted octanol–water partition coefficient (Wildman–Crippen LogP) is 3.06. The van der Waals surface area contributed by atoms with Crippen molar-refractivity contribution >= 4 is 0 Å². The molecule has 4 nitrogen and oxygen atoms in total. The van der Waals surface area contributed by atoms with Crippen LogP contribution < -0.4 is 5.32 Å². The topological polar surface area (TPSA) is 42.7 Å². The molecule has 0 fully saturated rings. The molecule has 2 unspecified atom stereocenters. The molecular weight excluding hydrogens is 248 g/mol. The van der Waals surface area contributed by atoms with Crippen molar-refractivity contribution in [2.24, 2.45) is 0 Å². The number of pyridine rings is 1. The molecule has 2 aromatic heterocycles. The van der Waals surface area contributed by atoms with Gasteiger partial charge in [0.25, 0.3) is 0 Å². The van der Waals surface area contributed by atoms with Crippen LogP contribution in [0.4, 0.5) is 0 Å². The van der Waals surface area contributed by atoms with Gasteiger partial charge in [-0.05, 0) is 50.6 Å². The summed E-state index contributed by atoms with van der Waals surface area (Å²) in [5.41, 5.74) is 3.63. The Kier molecular flexibility index (Phi) is 4.90. The van der Waals surface area contributed by atoms with E-state index in [9.17, 15) is 0 Å². The number of hydrogen-bond donors (Lipinski definition) is 1. The summed E-state index contributed by atoms with van der Waals surface area (Å²) < 4.78 is 2.06. The molecule has 108 valence electrons. The zero-order valence-electron chi connectivity index (χ0n) is 12.8. The Morgan fingerprint density at radius 2 is 2.15 bits per heavy atom. The molecule has 2 rings (SSSR count). The molecule has 2 heterocycles. The molecule has 0 bridgehead atoms. The summed E-state index contributed by atoms with van der Waals surface area (Å²) in [5.74, 6) is 0. The van der Waals surface area contributed by atoms with Crippen molar-refractivity contribution in [3.63, 3.8) is 0 Å². The normalized spacial score (nSPS) is 14.2. The van der Waals surface area contributed by atoms with E-state index in [0.29, 0.717) is 6.04 Å². The van der Waals surface area contributed by atoms with Gasteiger partial charge in [0.15, 0.2) is 0 Å². The Morgan fingerprint density at radius 1 is 1.35 bits per heavy atom. The first kappa shape index (κ1) is 14.7. The lowest BCUT2D eigenvalue weighted by molar-refractivity contribution is 0.469.